The SMILES string of the molecule is COC(=O)C(NC1C2=C(CCCC2)C(=O)N1C(C)c1ccccc1)c1ccc(C)cc1C. The summed E-state index contributed by atoms with van der Waals surface area (Å²) in [5, 5.41) is 3.55. The second kappa shape index (κ2) is 9.29. The number of amides is 1. The number of hydrogen-bond donors (Lipinski definition) is 1. The number of rotatable bonds is 6. The highest BCUT2D eigenvalue weighted by Crippen LogP contribution is 2.40. The Bertz CT molecular complexity index is 1040. The number of methoxy groups -OCH3 is 1. The molecule has 4 rings (SSSR count). The van der Waals surface area contributed by atoms with Crippen LogP contribution in [0.3, 0.4) is 0 Å². The van der Waals surface area contributed by atoms with Gasteiger partial charge in [0.25, 0.3) is 5.91 Å². The van der Waals surface area contributed by atoms with Crippen LogP contribution in [0.1, 0.15) is 66.9 Å². The Balaban J connectivity index is 1.74. The van der Waals surface area contributed by atoms with Gasteiger partial charge in [0.05, 0.1) is 13.2 Å². The smallest absolute Gasteiger partial charge is 0.327 e. The van der Waals surface area contributed by atoms with Crippen LogP contribution in [0, 0.1) is 13.8 Å². The van der Waals surface area contributed by atoms with Crippen LogP contribution in [0.25, 0.3) is 0 Å². The summed E-state index contributed by atoms with van der Waals surface area (Å²) >= 11 is 0. The lowest BCUT2D eigenvalue weighted by Gasteiger charge is -2.36. The average molecular weight is 433 g/mol. The molecule has 1 aliphatic carbocycles. The second-order valence-corrected chi connectivity index (χ2v) is 8.90. The van der Waals surface area contributed by atoms with E-state index < -0.39 is 6.04 Å². The van der Waals surface area contributed by atoms with Crippen molar-refractivity contribution in [2.45, 2.75) is 64.7 Å². The molecule has 0 radical (unpaired) electrons. The molecule has 168 valence electrons. The predicted octanol–water partition coefficient (Wildman–Crippen LogP) is 4.91. The minimum atomic E-state index is -0.655. The van der Waals surface area contributed by atoms with Gasteiger partial charge in [-0.25, -0.2) is 4.79 Å². The maximum absolute atomic E-state index is 13.5. The number of carbonyl (C=O) groups excluding carboxylic acids is 2. The van der Waals surface area contributed by atoms with Gasteiger partial charge in [-0.15, -0.1) is 0 Å². The van der Waals surface area contributed by atoms with Gasteiger partial charge in [-0.2, -0.15) is 0 Å². The summed E-state index contributed by atoms with van der Waals surface area (Å²) in [6, 6.07) is 15.4. The largest absolute Gasteiger partial charge is 0.468 e. The minimum absolute atomic E-state index is 0.0813. The monoisotopic (exact) mass is 432 g/mol. The average Bonchev–Trinajstić information content (AvgIpc) is 3.09. The lowest BCUT2D eigenvalue weighted by molar-refractivity contribution is -0.144. The van der Waals surface area contributed by atoms with Gasteiger partial charge >= 0.3 is 5.97 Å². The Kier molecular flexibility index (Phi) is 6.47. The zero-order chi connectivity index (χ0) is 22.8. The van der Waals surface area contributed by atoms with Crippen molar-refractivity contribution in [3.8, 4) is 0 Å². The Morgan fingerprint density at radius 1 is 1.09 bits per heavy atom. The molecule has 2 aromatic carbocycles. The quantitative estimate of drug-likeness (QED) is 0.659. The summed E-state index contributed by atoms with van der Waals surface area (Å²) in [6.45, 7) is 6.11. The molecule has 1 heterocycles. The third-order valence-corrected chi connectivity index (χ3v) is 6.81. The zero-order valence-electron chi connectivity index (χ0n) is 19.4. The van der Waals surface area contributed by atoms with E-state index in [4.69, 9.17) is 4.74 Å². The van der Waals surface area contributed by atoms with Crippen LogP contribution in [0.4, 0.5) is 0 Å². The minimum Gasteiger partial charge on any atom is -0.468 e. The molecular formula is C27H32N2O3. The first-order valence-electron chi connectivity index (χ1n) is 11.4. The van der Waals surface area contributed by atoms with E-state index in [9.17, 15) is 9.59 Å². The Morgan fingerprint density at radius 2 is 1.81 bits per heavy atom. The summed E-state index contributed by atoms with van der Waals surface area (Å²) < 4.78 is 5.18. The van der Waals surface area contributed by atoms with Crippen molar-refractivity contribution in [3.05, 3.63) is 81.9 Å². The molecule has 0 saturated carbocycles. The van der Waals surface area contributed by atoms with Crippen LogP contribution < -0.4 is 5.32 Å². The molecule has 5 nitrogen and oxygen atoms in total. The summed E-state index contributed by atoms with van der Waals surface area (Å²) in [5.41, 5.74) is 6.17. The molecule has 3 unspecified atom stereocenters. The van der Waals surface area contributed by atoms with Crippen LogP contribution >= 0.6 is 0 Å². The molecular weight excluding hydrogens is 400 g/mol. The van der Waals surface area contributed by atoms with Crippen molar-refractivity contribution < 1.29 is 14.3 Å². The van der Waals surface area contributed by atoms with Gasteiger partial charge in [0.15, 0.2) is 0 Å². The number of ether oxygens (including phenoxy) is 1. The van der Waals surface area contributed by atoms with E-state index in [0.717, 1.165) is 59.1 Å². The van der Waals surface area contributed by atoms with E-state index >= 15 is 0 Å². The van der Waals surface area contributed by atoms with Gasteiger partial charge in [-0.05, 0) is 68.7 Å². The maximum Gasteiger partial charge on any atom is 0.327 e. The molecule has 0 aromatic heterocycles. The molecule has 3 atom stereocenters. The fourth-order valence-electron chi connectivity index (χ4n) is 5.10. The van der Waals surface area contributed by atoms with E-state index in [1.807, 2.05) is 61.2 Å². The van der Waals surface area contributed by atoms with Gasteiger partial charge in [-0.3, -0.25) is 10.1 Å². The highest BCUT2D eigenvalue weighted by atomic mass is 16.5. The van der Waals surface area contributed by atoms with E-state index in [-0.39, 0.29) is 24.1 Å². The van der Waals surface area contributed by atoms with Crippen molar-refractivity contribution in [2.24, 2.45) is 0 Å². The number of esters is 1. The molecule has 2 aromatic rings. The fourth-order valence-corrected chi connectivity index (χ4v) is 5.10. The van der Waals surface area contributed by atoms with Gasteiger partial charge in [-0.1, -0.05) is 54.1 Å². The molecule has 2 aliphatic rings. The van der Waals surface area contributed by atoms with Gasteiger partial charge in [0, 0.05) is 5.57 Å². The predicted molar refractivity (Wildman–Crippen MR) is 125 cm³/mol. The fraction of sp³-hybridized carbons (Fsp3) is 0.407. The Labute approximate surface area is 190 Å². The third kappa shape index (κ3) is 4.09. The summed E-state index contributed by atoms with van der Waals surface area (Å²) in [5.74, 6) is -0.264. The Hall–Kier alpha value is -2.92. The molecule has 0 fully saturated rings. The maximum atomic E-state index is 13.5. The molecule has 0 spiro atoms. The molecule has 1 amide bonds. The topological polar surface area (TPSA) is 58.6 Å². The summed E-state index contributed by atoms with van der Waals surface area (Å²) in [7, 11) is 1.41. The van der Waals surface area contributed by atoms with Crippen LogP contribution in [-0.2, 0) is 14.3 Å². The van der Waals surface area contributed by atoms with Crippen molar-refractivity contribution in [2.75, 3.05) is 7.11 Å². The van der Waals surface area contributed by atoms with Crippen molar-refractivity contribution in [1.29, 1.82) is 0 Å². The first-order valence-corrected chi connectivity index (χ1v) is 11.4. The number of carbonyl (C=O) groups is 2. The normalized spacial score (nSPS) is 20.2. The van der Waals surface area contributed by atoms with Crippen LogP contribution in [0.2, 0.25) is 0 Å². The number of hydrogen-bond acceptors (Lipinski definition) is 4. The van der Waals surface area contributed by atoms with Crippen molar-refractivity contribution in [1.82, 2.24) is 10.2 Å². The molecule has 0 saturated heterocycles. The molecule has 0 bridgehead atoms. The molecule has 1 N–H and O–H groups in total. The summed E-state index contributed by atoms with van der Waals surface area (Å²) in [4.78, 5) is 28.4. The highest BCUT2D eigenvalue weighted by molar-refractivity contribution is 5.98. The Morgan fingerprint density at radius 3 is 2.50 bits per heavy atom. The van der Waals surface area contributed by atoms with Gasteiger partial charge < -0.3 is 9.64 Å². The number of nitrogens with zero attached hydrogens (tertiary/aromatic N) is 1. The molecule has 5 heteroatoms. The van der Waals surface area contributed by atoms with Crippen LogP contribution in [0.15, 0.2) is 59.7 Å². The molecule has 1 aliphatic heterocycles. The standard InChI is InChI=1S/C27H32N2O3/c1-17-14-15-21(18(2)16-17)24(27(31)32-4)28-25-22-12-8-9-13-23(22)26(30)29(25)19(3)20-10-6-5-7-11-20/h5-7,10-11,14-16,19,24-25,28H,8-9,12-13H2,1-4H3. The summed E-state index contributed by atoms with van der Waals surface area (Å²) in [6.07, 6.45) is 3.43. The lowest BCUT2D eigenvalue weighted by atomic mass is 9.91. The number of nitrogens with one attached hydrogen (secondary N) is 1. The van der Waals surface area contributed by atoms with E-state index in [1.54, 1.807) is 0 Å². The molecule has 32 heavy (non-hydrogen) atoms. The zero-order valence-corrected chi connectivity index (χ0v) is 19.4. The van der Waals surface area contributed by atoms with Crippen LogP contribution in [-0.4, -0.2) is 30.1 Å². The first kappa shape index (κ1) is 22.3. The number of benzene rings is 2. The second-order valence-electron chi connectivity index (χ2n) is 8.90. The van der Waals surface area contributed by atoms with E-state index in [2.05, 4.69) is 18.3 Å². The lowest BCUT2D eigenvalue weighted by Crippen LogP contribution is -2.49. The van der Waals surface area contributed by atoms with E-state index in [1.165, 1.54) is 7.11 Å². The van der Waals surface area contributed by atoms with Gasteiger partial charge in [0.2, 0.25) is 0 Å². The van der Waals surface area contributed by atoms with Gasteiger partial charge in [0.1, 0.15) is 12.2 Å². The van der Waals surface area contributed by atoms with E-state index in [0.29, 0.717) is 0 Å². The van der Waals surface area contributed by atoms with Crippen molar-refractivity contribution >= 4 is 11.9 Å². The van der Waals surface area contributed by atoms with Crippen LogP contribution in [0.5, 0.6) is 0 Å². The third-order valence-electron chi connectivity index (χ3n) is 6.81. The highest BCUT2D eigenvalue weighted by Gasteiger charge is 2.44. The first-order chi connectivity index (χ1) is 15.4. The number of aryl methyl sites for hydroxylation is 2. The van der Waals surface area contributed by atoms with Crippen molar-refractivity contribution in [3.63, 3.8) is 0 Å².